The normalized spacial score (nSPS) is 10.8. The van der Waals surface area contributed by atoms with Gasteiger partial charge in [0.2, 0.25) is 0 Å². The second-order valence-electron chi connectivity index (χ2n) is 2.79. The van der Waals surface area contributed by atoms with Crippen LogP contribution in [0.2, 0.25) is 0 Å². The van der Waals surface area contributed by atoms with Crippen LogP contribution in [-0.2, 0) is 9.53 Å². The number of carbonyl (C=O) groups excluding carboxylic acids is 1. The molecular formula is C11H17NO2. The van der Waals surface area contributed by atoms with E-state index in [1.807, 2.05) is 4.90 Å². The summed E-state index contributed by atoms with van der Waals surface area (Å²) in [4.78, 5) is 12.5. The van der Waals surface area contributed by atoms with E-state index in [0.717, 1.165) is 6.29 Å². The highest BCUT2D eigenvalue weighted by atomic mass is 16.5. The van der Waals surface area contributed by atoms with Gasteiger partial charge in [-0.05, 0) is 0 Å². The van der Waals surface area contributed by atoms with Crippen LogP contribution < -0.4 is 0 Å². The second-order valence-corrected chi connectivity index (χ2v) is 2.79. The van der Waals surface area contributed by atoms with E-state index < -0.39 is 0 Å². The Bertz CT molecular complexity index is 211. The van der Waals surface area contributed by atoms with Gasteiger partial charge in [-0.1, -0.05) is 12.2 Å². The van der Waals surface area contributed by atoms with E-state index in [4.69, 9.17) is 4.74 Å². The Morgan fingerprint density at radius 2 is 1.93 bits per heavy atom. The van der Waals surface area contributed by atoms with E-state index in [1.54, 1.807) is 25.5 Å². The molecular weight excluding hydrogens is 178 g/mol. The molecule has 0 aromatic rings. The van der Waals surface area contributed by atoms with Gasteiger partial charge >= 0.3 is 0 Å². The number of rotatable bonds is 8. The third-order valence-corrected chi connectivity index (χ3v) is 1.54. The van der Waals surface area contributed by atoms with Crippen molar-refractivity contribution in [2.45, 2.75) is 0 Å². The van der Waals surface area contributed by atoms with E-state index in [2.05, 4.69) is 13.2 Å². The average Bonchev–Trinajstić information content (AvgIpc) is 2.18. The number of nitrogens with zero attached hydrogens (tertiary/aromatic N) is 1. The van der Waals surface area contributed by atoms with Crippen LogP contribution in [0.25, 0.3) is 0 Å². The summed E-state index contributed by atoms with van der Waals surface area (Å²) >= 11 is 0. The lowest BCUT2D eigenvalue weighted by atomic mass is 10.3. The molecule has 0 atom stereocenters. The van der Waals surface area contributed by atoms with Crippen LogP contribution in [0, 0.1) is 0 Å². The molecule has 0 aliphatic rings. The second kappa shape index (κ2) is 8.26. The molecule has 0 unspecified atom stereocenters. The SMILES string of the molecule is C=CCN(/C=C(/C=O)COC)CC=C. The maximum atomic E-state index is 10.6. The third kappa shape index (κ3) is 5.32. The summed E-state index contributed by atoms with van der Waals surface area (Å²) < 4.78 is 4.87. The van der Waals surface area contributed by atoms with Crippen LogP contribution in [0.4, 0.5) is 0 Å². The summed E-state index contributed by atoms with van der Waals surface area (Å²) in [6.07, 6.45) is 6.10. The molecule has 78 valence electrons. The lowest BCUT2D eigenvalue weighted by Crippen LogP contribution is -2.18. The molecule has 0 aromatic heterocycles. The standard InChI is InChI=1S/C11H17NO2/c1-4-6-12(7-5-2)8-11(9-13)10-14-3/h4-5,8-9H,1-2,6-7,10H2,3H3/b11-8-. The topological polar surface area (TPSA) is 29.5 Å². The maximum Gasteiger partial charge on any atom is 0.149 e. The first-order valence-corrected chi connectivity index (χ1v) is 4.39. The minimum Gasteiger partial charge on any atom is -0.380 e. The highest BCUT2D eigenvalue weighted by Gasteiger charge is 1.98. The average molecular weight is 195 g/mol. The molecule has 0 aromatic carbocycles. The van der Waals surface area contributed by atoms with Crippen molar-refractivity contribution >= 4 is 6.29 Å². The summed E-state index contributed by atoms with van der Waals surface area (Å²) in [5, 5.41) is 0. The number of hydrogen-bond donors (Lipinski definition) is 0. The zero-order chi connectivity index (χ0) is 10.8. The van der Waals surface area contributed by atoms with Crippen molar-refractivity contribution in [3.05, 3.63) is 37.1 Å². The zero-order valence-electron chi connectivity index (χ0n) is 8.61. The van der Waals surface area contributed by atoms with Gasteiger partial charge in [-0.3, -0.25) is 4.79 Å². The Labute approximate surface area is 85.4 Å². The molecule has 14 heavy (non-hydrogen) atoms. The van der Waals surface area contributed by atoms with Crippen LogP contribution >= 0.6 is 0 Å². The van der Waals surface area contributed by atoms with Crippen molar-refractivity contribution in [3.63, 3.8) is 0 Å². The van der Waals surface area contributed by atoms with E-state index in [9.17, 15) is 4.79 Å². The third-order valence-electron chi connectivity index (χ3n) is 1.54. The van der Waals surface area contributed by atoms with Crippen LogP contribution in [0.1, 0.15) is 0 Å². The Morgan fingerprint density at radius 3 is 2.29 bits per heavy atom. The monoisotopic (exact) mass is 195 g/mol. The summed E-state index contributed by atoms with van der Waals surface area (Å²) in [5.74, 6) is 0. The molecule has 0 fully saturated rings. The van der Waals surface area contributed by atoms with Gasteiger partial charge in [0.1, 0.15) is 6.29 Å². The molecule has 0 aliphatic carbocycles. The molecule has 0 amide bonds. The van der Waals surface area contributed by atoms with Gasteiger partial charge in [0, 0.05) is 32.0 Å². The summed E-state index contributed by atoms with van der Waals surface area (Å²) in [7, 11) is 1.56. The number of methoxy groups -OCH3 is 1. The molecule has 0 saturated carbocycles. The molecule has 3 heteroatoms. The van der Waals surface area contributed by atoms with Crippen LogP contribution in [0.3, 0.4) is 0 Å². The largest absolute Gasteiger partial charge is 0.380 e. The number of ether oxygens (including phenoxy) is 1. The Kier molecular flexibility index (Phi) is 7.46. The molecule has 0 saturated heterocycles. The molecule has 0 heterocycles. The maximum absolute atomic E-state index is 10.6. The highest BCUT2D eigenvalue weighted by molar-refractivity contribution is 5.73. The van der Waals surface area contributed by atoms with Crippen molar-refractivity contribution < 1.29 is 9.53 Å². The summed E-state index contributed by atoms with van der Waals surface area (Å²) in [5.41, 5.74) is 0.608. The predicted molar refractivity (Wildman–Crippen MR) is 58.0 cm³/mol. The van der Waals surface area contributed by atoms with Crippen LogP contribution in [0.5, 0.6) is 0 Å². The van der Waals surface area contributed by atoms with Crippen LogP contribution in [-0.4, -0.2) is 38.0 Å². The minimum atomic E-state index is 0.328. The van der Waals surface area contributed by atoms with E-state index >= 15 is 0 Å². The van der Waals surface area contributed by atoms with Crippen molar-refractivity contribution in [1.82, 2.24) is 4.90 Å². The first-order chi connectivity index (χ1) is 6.78. The number of aldehydes is 1. The molecule has 0 rings (SSSR count). The van der Waals surface area contributed by atoms with E-state index in [-0.39, 0.29) is 0 Å². The van der Waals surface area contributed by atoms with Gasteiger partial charge in [0.15, 0.2) is 0 Å². The Morgan fingerprint density at radius 1 is 1.36 bits per heavy atom. The molecule has 0 spiro atoms. The Hall–Kier alpha value is -1.35. The first kappa shape index (κ1) is 12.7. The minimum absolute atomic E-state index is 0.328. The summed E-state index contributed by atoms with van der Waals surface area (Å²) in [6, 6.07) is 0. The first-order valence-electron chi connectivity index (χ1n) is 4.39. The predicted octanol–water partition coefficient (Wildman–Crippen LogP) is 1.39. The fourth-order valence-electron chi connectivity index (χ4n) is 1.01. The quantitative estimate of drug-likeness (QED) is 0.333. The van der Waals surface area contributed by atoms with Crippen LogP contribution in [0.15, 0.2) is 37.1 Å². The molecule has 0 aliphatic heterocycles. The van der Waals surface area contributed by atoms with Crippen molar-refractivity contribution in [1.29, 1.82) is 0 Å². The molecule has 3 nitrogen and oxygen atoms in total. The summed E-state index contributed by atoms with van der Waals surface area (Å²) in [6.45, 7) is 8.98. The van der Waals surface area contributed by atoms with Crippen molar-refractivity contribution in [3.8, 4) is 0 Å². The fourth-order valence-corrected chi connectivity index (χ4v) is 1.01. The van der Waals surface area contributed by atoms with Gasteiger partial charge in [-0.15, -0.1) is 13.2 Å². The number of carbonyl (C=O) groups is 1. The molecule has 0 radical (unpaired) electrons. The van der Waals surface area contributed by atoms with Gasteiger partial charge in [-0.25, -0.2) is 0 Å². The van der Waals surface area contributed by atoms with E-state index in [0.29, 0.717) is 25.3 Å². The van der Waals surface area contributed by atoms with E-state index in [1.165, 1.54) is 0 Å². The van der Waals surface area contributed by atoms with Gasteiger partial charge in [0.05, 0.1) is 6.61 Å². The lowest BCUT2D eigenvalue weighted by molar-refractivity contribution is -0.105. The van der Waals surface area contributed by atoms with Gasteiger partial charge < -0.3 is 9.64 Å². The fraction of sp³-hybridized carbons (Fsp3) is 0.364. The zero-order valence-corrected chi connectivity index (χ0v) is 8.61. The lowest BCUT2D eigenvalue weighted by Gasteiger charge is -2.16. The van der Waals surface area contributed by atoms with Crippen molar-refractivity contribution in [2.75, 3.05) is 26.8 Å². The molecule has 0 N–H and O–H groups in total. The Balaban J connectivity index is 4.38. The smallest absolute Gasteiger partial charge is 0.149 e. The van der Waals surface area contributed by atoms with Crippen molar-refractivity contribution in [2.24, 2.45) is 0 Å². The number of hydrogen-bond acceptors (Lipinski definition) is 3. The highest BCUT2D eigenvalue weighted by Crippen LogP contribution is 1.97. The van der Waals surface area contributed by atoms with Gasteiger partial charge in [0.25, 0.3) is 0 Å². The van der Waals surface area contributed by atoms with Gasteiger partial charge in [-0.2, -0.15) is 0 Å². The molecule has 0 bridgehead atoms.